The topological polar surface area (TPSA) is 23.6 Å². The third-order valence-corrected chi connectivity index (χ3v) is 5.77. The summed E-state index contributed by atoms with van der Waals surface area (Å²) in [5, 5.41) is 0. The van der Waals surface area contributed by atoms with E-state index < -0.39 is 0 Å². The lowest BCUT2D eigenvalue weighted by Crippen LogP contribution is -2.50. The molecule has 0 N–H and O–H groups in total. The zero-order valence-corrected chi connectivity index (χ0v) is 15.0. The van der Waals surface area contributed by atoms with Crippen LogP contribution in [0.25, 0.3) is 6.08 Å². The minimum absolute atomic E-state index is 0.182. The predicted molar refractivity (Wildman–Crippen MR) is 99.7 cm³/mol. The van der Waals surface area contributed by atoms with Crippen molar-refractivity contribution in [1.29, 1.82) is 0 Å². The van der Waals surface area contributed by atoms with Gasteiger partial charge in [-0.05, 0) is 50.8 Å². The fourth-order valence-electron chi connectivity index (χ4n) is 4.27. The lowest BCUT2D eigenvalue weighted by atomic mass is 9.96. The highest BCUT2D eigenvalue weighted by atomic mass is 16.2. The first-order valence-electron chi connectivity index (χ1n) is 9.44. The Morgan fingerprint density at radius 1 is 1.21 bits per heavy atom. The number of carbonyl (C=O) groups is 1. The van der Waals surface area contributed by atoms with Crippen molar-refractivity contribution in [2.24, 2.45) is 0 Å². The predicted octanol–water partition coefficient (Wildman–Crippen LogP) is 3.95. The summed E-state index contributed by atoms with van der Waals surface area (Å²) < 4.78 is 0. The minimum atomic E-state index is 0.182. The lowest BCUT2D eigenvalue weighted by molar-refractivity contribution is -0.129. The SMILES string of the molecule is CCCCN(C(=O)/C=C/c1ccccc1)C1CC2CCC(C1)N2C. The van der Waals surface area contributed by atoms with E-state index in [0.717, 1.165) is 37.8 Å². The molecule has 0 spiro atoms. The maximum absolute atomic E-state index is 12.9. The van der Waals surface area contributed by atoms with Crippen molar-refractivity contribution in [1.82, 2.24) is 9.80 Å². The molecule has 2 bridgehead atoms. The van der Waals surface area contributed by atoms with Crippen molar-refractivity contribution in [2.45, 2.75) is 63.6 Å². The van der Waals surface area contributed by atoms with Crippen LogP contribution in [0.4, 0.5) is 0 Å². The van der Waals surface area contributed by atoms with Gasteiger partial charge in [0.15, 0.2) is 0 Å². The van der Waals surface area contributed by atoms with Gasteiger partial charge in [0.1, 0.15) is 0 Å². The Bertz CT molecular complexity index is 554. The van der Waals surface area contributed by atoms with Gasteiger partial charge in [-0.1, -0.05) is 43.7 Å². The number of nitrogens with zero attached hydrogens (tertiary/aromatic N) is 2. The zero-order chi connectivity index (χ0) is 16.9. The van der Waals surface area contributed by atoms with Gasteiger partial charge in [-0.2, -0.15) is 0 Å². The first-order chi connectivity index (χ1) is 11.7. The summed E-state index contributed by atoms with van der Waals surface area (Å²) in [6.07, 6.45) is 10.8. The normalized spacial score (nSPS) is 26.8. The lowest BCUT2D eigenvalue weighted by Gasteiger charge is -2.41. The number of amides is 1. The molecule has 2 atom stereocenters. The molecule has 3 rings (SSSR count). The third-order valence-electron chi connectivity index (χ3n) is 5.77. The highest BCUT2D eigenvalue weighted by Crippen LogP contribution is 2.36. The summed E-state index contributed by atoms with van der Waals surface area (Å²) in [6.45, 7) is 3.09. The molecule has 0 aliphatic carbocycles. The van der Waals surface area contributed by atoms with E-state index in [9.17, 15) is 4.79 Å². The molecule has 0 aromatic heterocycles. The Morgan fingerprint density at radius 2 is 1.88 bits per heavy atom. The fourth-order valence-corrected chi connectivity index (χ4v) is 4.27. The van der Waals surface area contributed by atoms with E-state index in [4.69, 9.17) is 0 Å². The average molecular weight is 326 g/mol. The maximum atomic E-state index is 12.9. The molecule has 3 nitrogen and oxygen atoms in total. The Labute approximate surface area is 146 Å². The molecule has 2 aliphatic rings. The summed E-state index contributed by atoms with van der Waals surface area (Å²) in [6, 6.07) is 11.8. The minimum Gasteiger partial charge on any atom is -0.336 e. The highest BCUT2D eigenvalue weighted by molar-refractivity contribution is 5.92. The van der Waals surface area contributed by atoms with Crippen molar-refractivity contribution < 1.29 is 4.79 Å². The van der Waals surface area contributed by atoms with E-state index in [-0.39, 0.29) is 5.91 Å². The van der Waals surface area contributed by atoms with Crippen molar-refractivity contribution in [2.75, 3.05) is 13.6 Å². The first-order valence-corrected chi connectivity index (χ1v) is 9.44. The molecular weight excluding hydrogens is 296 g/mol. The number of unbranched alkanes of at least 4 members (excludes halogenated alkanes) is 1. The van der Waals surface area contributed by atoms with E-state index in [0.29, 0.717) is 18.1 Å². The first kappa shape index (κ1) is 17.2. The summed E-state index contributed by atoms with van der Waals surface area (Å²) in [5.41, 5.74) is 1.09. The van der Waals surface area contributed by atoms with Crippen LogP contribution in [0.3, 0.4) is 0 Å². The number of fused-ring (bicyclic) bond motifs is 2. The smallest absolute Gasteiger partial charge is 0.246 e. The molecule has 130 valence electrons. The summed E-state index contributed by atoms with van der Waals surface area (Å²) >= 11 is 0. The molecule has 2 heterocycles. The van der Waals surface area contributed by atoms with Gasteiger partial charge >= 0.3 is 0 Å². The second kappa shape index (κ2) is 7.98. The molecule has 2 fully saturated rings. The summed E-state index contributed by atoms with van der Waals surface area (Å²) in [5.74, 6) is 0.182. The van der Waals surface area contributed by atoms with Crippen LogP contribution < -0.4 is 0 Å². The molecule has 2 aliphatic heterocycles. The molecule has 2 saturated heterocycles. The molecule has 1 amide bonds. The summed E-state index contributed by atoms with van der Waals surface area (Å²) in [4.78, 5) is 17.6. The third kappa shape index (κ3) is 3.89. The van der Waals surface area contributed by atoms with E-state index in [2.05, 4.69) is 23.8 Å². The quantitative estimate of drug-likeness (QED) is 0.739. The fraction of sp³-hybridized carbons (Fsp3) is 0.571. The van der Waals surface area contributed by atoms with Gasteiger partial charge in [-0.3, -0.25) is 4.79 Å². The van der Waals surface area contributed by atoms with Gasteiger partial charge in [0.2, 0.25) is 5.91 Å². The van der Waals surface area contributed by atoms with E-state index >= 15 is 0 Å². The molecule has 0 radical (unpaired) electrons. The second-order valence-electron chi connectivity index (χ2n) is 7.30. The number of rotatable bonds is 6. The highest BCUT2D eigenvalue weighted by Gasteiger charge is 2.40. The van der Waals surface area contributed by atoms with Crippen molar-refractivity contribution in [3.05, 3.63) is 42.0 Å². The van der Waals surface area contributed by atoms with Crippen LogP contribution >= 0.6 is 0 Å². The standard InChI is InChI=1S/C21H30N2O/c1-3-4-14-23(20-15-18-11-12-19(16-20)22(18)2)21(24)13-10-17-8-6-5-7-9-17/h5-10,13,18-20H,3-4,11-12,14-16H2,1-2H3/b13-10+. The number of hydrogen-bond donors (Lipinski definition) is 0. The van der Waals surface area contributed by atoms with Crippen LogP contribution in [0.5, 0.6) is 0 Å². The van der Waals surface area contributed by atoms with Crippen LogP contribution in [-0.4, -0.2) is 47.4 Å². The van der Waals surface area contributed by atoms with Gasteiger partial charge < -0.3 is 9.80 Å². The number of piperidine rings is 1. The molecule has 24 heavy (non-hydrogen) atoms. The Balaban J connectivity index is 1.69. The summed E-state index contributed by atoms with van der Waals surface area (Å²) in [7, 11) is 2.26. The second-order valence-corrected chi connectivity index (χ2v) is 7.30. The monoisotopic (exact) mass is 326 g/mol. The Morgan fingerprint density at radius 3 is 2.50 bits per heavy atom. The van der Waals surface area contributed by atoms with Gasteiger partial charge in [-0.15, -0.1) is 0 Å². The van der Waals surface area contributed by atoms with Crippen molar-refractivity contribution in [3.63, 3.8) is 0 Å². The van der Waals surface area contributed by atoms with Crippen LogP contribution in [0, 0.1) is 0 Å². The molecule has 0 saturated carbocycles. The van der Waals surface area contributed by atoms with Crippen LogP contribution in [0.15, 0.2) is 36.4 Å². The van der Waals surface area contributed by atoms with E-state index in [1.54, 1.807) is 6.08 Å². The van der Waals surface area contributed by atoms with Gasteiger partial charge in [0.05, 0.1) is 0 Å². The average Bonchev–Trinajstić information content (AvgIpc) is 2.82. The number of hydrogen-bond acceptors (Lipinski definition) is 2. The number of benzene rings is 1. The molecule has 1 aromatic carbocycles. The van der Waals surface area contributed by atoms with Crippen LogP contribution in [0.2, 0.25) is 0 Å². The Hall–Kier alpha value is -1.61. The number of carbonyl (C=O) groups excluding carboxylic acids is 1. The largest absolute Gasteiger partial charge is 0.336 e. The van der Waals surface area contributed by atoms with E-state index in [1.807, 2.05) is 36.4 Å². The van der Waals surface area contributed by atoms with Crippen molar-refractivity contribution in [3.8, 4) is 0 Å². The van der Waals surface area contributed by atoms with Gasteiger partial charge in [-0.25, -0.2) is 0 Å². The van der Waals surface area contributed by atoms with Gasteiger partial charge in [0, 0.05) is 30.7 Å². The van der Waals surface area contributed by atoms with Crippen LogP contribution in [0.1, 0.15) is 51.0 Å². The molecule has 3 heteroatoms. The molecule has 2 unspecified atom stereocenters. The van der Waals surface area contributed by atoms with Crippen molar-refractivity contribution >= 4 is 12.0 Å². The van der Waals surface area contributed by atoms with E-state index in [1.165, 1.54) is 12.8 Å². The molecular formula is C21H30N2O. The molecule has 1 aromatic rings. The zero-order valence-electron chi connectivity index (χ0n) is 15.0. The van der Waals surface area contributed by atoms with Gasteiger partial charge in [0.25, 0.3) is 0 Å². The maximum Gasteiger partial charge on any atom is 0.246 e. The van der Waals surface area contributed by atoms with Crippen LogP contribution in [-0.2, 0) is 4.79 Å². The Kier molecular flexibility index (Phi) is 5.72.